The first-order chi connectivity index (χ1) is 12.5. The third-order valence-corrected chi connectivity index (χ3v) is 4.63. The van der Waals surface area contributed by atoms with Crippen molar-refractivity contribution in [2.45, 2.75) is 20.3 Å². The number of methoxy groups -OCH3 is 1. The second-order valence-corrected chi connectivity index (χ2v) is 6.31. The number of piperazine rings is 1. The lowest BCUT2D eigenvalue weighted by atomic mass is 10.2. The third-order valence-electron chi connectivity index (χ3n) is 4.63. The molecule has 0 spiro atoms. The van der Waals surface area contributed by atoms with Crippen LogP contribution in [-0.4, -0.2) is 59.9 Å². The monoisotopic (exact) mass is 357 g/mol. The maximum atomic E-state index is 12.5. The number of aromatic nitrogens is 1. The summed E-state index contributed by atoms with van der Waals surface area (Å²) in [5.41, 5.74) is 1.48. The number of nitrogens with zero attached hydrogens (tertiary/aromatic N) is 3. The fourth-order valence-corrected chi connectivity index (χ4v) is 2.97. The predicted octanol–water partition coefficient (Wildman–Crippen LogP) is 1.89. The van der Waals surface area contributed by atoms with E-state index in [2.05, 4.69) is 4.98 Å². The first-order valence-corrected chi connectivity index (χ1v) is 8.62. The molecule has 1 aliphatic heterocycles. The van der Waals surface area contributed by atoms with Crippen molar-refractivity contribution in [3.63, 3.8) is 0 Å². The van der Waals surface area contributed by atoms with Crippen LogP contribution in [0.3, 0.4) is 0 Å². The van der Waals surface area contributed by atoms with Crippen LogP contribution in [0.15, 0.2) is 28.7 Å². The van der Waals surface area contributed by atoms with E-state index >= 15 is 0 Å². The molecule has 2 amide bonds. The fourth-order valence-electron chi connectivity index (χ4n) is 2.97. The summed E-state index contributed by atoms with van der Waals surface area (Å²) in [6.07, 6.45) is 0.200. The van der Waals surface area contributed by atoms with E-state index in [9.17, 15) is 9.59 Å². The average molecular weight is 357 g/mol. The summed E-state index contributed by atoms with van der Waals surface area (Å²) < 4.78 is 10.9. The molecule has 0 saturated carbocycles. The van der Waals surface area contributed by atoms with E-state index in [0.717, 1.165) is 11.3 Å². The predicted molar refractivity (Wildman–Crippen MR) is 95.8 cm³/mol. The molecular weight excluding hydrogens is 334 g/mol. The molecule has 0 aliphatic carbocycles. The van der Waals surface area contributed by atoms with Crippen molar-refractivity contribution in [2.24, 2.45) is 0 Å². The molecule has 1 fully saturated rings. The summed E-state index contributed by atoms with van der Waals surface area (Å²) in [6, 6.07) is 7.43. The standard InChI is InChI=1S/C19H23N3O4/c1-13-17(12-18(24)22-10-8-21(9-11-22)14(2)23)20-19(26-13)15-4-6-16(25-3)7-5-15/h4-7H,8-12H2,1-3H3. The number of ether oxygens (including phenoxy) is 1. The van der Waals surface area contributed by atoms with Gasteiger partial charge in [-0.15, -0.1) is 0 Å². The van der Waals surface area contributed by atoms with Crippen LogP contribution < -0.4 is 4.74 Å². The quantitative estimate of drug-likeness (QED) is 0.835. The van der Waals surface area contributed by atoms with Crippen molar-refractivity contribution in [1.29, 1.82) is 0 Å². The van der Waals surface area contributed by atoms with Crippen LogP contribution in [0.4, 0.5) is 0 Å². The van der Waals surface area contributed by atoms with Gasteiger partial charge in [-0.1, -0.05) is 0 Å². The molecule has 2 heterocycles. The van der Waals surface area contributed by atoms with E-state index in [0.29, 0.717) is 43.5 Å². The number of hydrogen-bond acceptors (Lipinski definition) is 5. The molecule has 26 heavy (non-hydrogen) atoms. The maximum absolute atomic E-state index is 12.5. The number of amides is 2. The number of rotatable bonds is 4. The van der Waals surface area contributed by atoms with Crippen LogP contribution >= 0.6 is 0 Å². The molecule has 2 aromatic rings. The first-order valence-electron chi connectivity index (χ1n) is 8.62. The molecule has 1 aliphatic rings. The Morgan fingerprint density at radius 2 is 1.73 bits per heavy atom. The van der Waals surface area contributed by atoms with Gasteiger partial charge in [-0.2, -0.15) is 0 Å². The number of aryl methyl sites for hydroxylation is 1. The minimum atomic E-state index is 0.00545. The van der Waals surface area contributed by atoms with Crippen molar-refractivity contribution >= 4 is 11.8 Å². The van der Waals surface area contributed by atoms with Crippen LogP contribution in [0.1, 0.15) is 18.4 Å². The number of benzene rings is 1. The van der Waals surface area contributed by atoms with Gasteiger partial charge >= 0.3 is 0 Å². The lowest BCUT2D eigenvalue weighted by Gasteiger charge is -2.34. The first kappa shape index (κ1) is 18.0. The normalized spacial score (nSPS) is 14.4. The summed E-state index contributed by atoms with van der Waals surface area (Å²) in [5, 5.41) is 0. The highest BCUT2D eigenvalue weighted by atomic mass is 16.5. The van der Waals surface area contributed by atoms with Gasteiger partial charge in [-0.05, 0) is 31.2 Å². The highest BCUT2D eigenvalue weighted by Crippen LogP contribution is 2.24. The Hall–Kier alpha value is -2.83. The fraction of sp³-hybridized carbons (Fsp3) is 0.421. The topological polar surface area (TPSA) is 75.9 Å². The molecule has 3 rings (SSSR count). The van der Waals surface area contributed by atoms with Gasteiger partial charge in [0.05, 0.1) is 19.2 Å². The van der Waals surface area contributed by atoms with Crippen LogP contribution in [0, 0.1) is 6.92 Å². The highest BCUT2D eigenvalue weighted by molar-refractivity contribution is 5.79. The molecule has 7 heteroatoms. The minimum absolute atomic E-state index is 0.00545. The molecule has 7 nitrogen and oxygen atoms in total. The summed E-state index contributed by atoms with van der Waals surface area (Å²) in [5.74, 6) is 1.96. The Labute approximate surface area is 152 Å². The van der Waals surface area contributed by atoms with Gasteiger partial charge in [0.25, 0.3) is 0 Å². The highest BCUT2D eigenvalue weighted by Gasteiger charge is 2.24. The Morgan fingerprint density at radius 3 is 2.31 bits per heavy atom. The number of oxazole rings is 1. The molecule has 0 radical (unpaired) electrons. The Morgan fingerprint density at radius 1 is 1.12 bits per heavy atom. The molecule has 0 unspecified atom stereocenters. The van der Waals surface area contributed by atoms with E-state index < -0.39 is 0 Å². The Bertz CT molecular complexity index is 790. The van der Waals surface area contributed by atoms with Crippen molar-refractivity contribution < 1.29 is 18.7 Å². The smallest absolute Gasteiger partial charge is 0.228 e. The summed E-state index contributed by atoms with van der Waals surface area (Å²) in [6.45, 7) is 5.64. The minimum Gasteiger partial charge on any atom is -0.497 e. The molecule has 0 bridgehead atoms. The Balaban J connectivity index is 1.66. The van der Waals surface area contributed by atoms with E-state index in [4.69, 9.17) is 9.15 Å². The van der Waals surface area contributed by atoms with E-state index in [-0.39, 0.29) is 18.2 Å². The van der Waals surface area contributed by atoms with Gasteiger partial charge in [-0.25, -0.2) is 4.98 Å². The zero-order valence-corrected chi connectivity index (χ0v) is 15.3. The Kier molecular flexibility index (Phi) is 5.25. The molecular formula is C19H23N3O4. The van der Waals surface area contributed by atoms with Gasteiger partial charge in [0.15, 0.2) is 0 Å². The number of carbonyl (C=O) groups excluding carboxylic acids is 2. The number of carbonyl (C=O) groups is 2. The molecule has 1 aromatic carbocycles. The van der Waals surface area contributed by atoms with Crippen LogP contribution in [0.25, 0.3) is 11.5 Å². The molecule has 0 N–H and O–H groups in total. The van der Waals surface area contributed by atoms with E-state index in [1.165, 1.54) is 0 Å². The second-order valence-electron chi connectivity index (χ2n) is 6.31. The maximum Gasteiger partial charge on any atom is 0.228 e. The SMILES string of the molecule is COc1ccc(-c2nc(CC(=O)N3CCN(C(C)=O)CC3)c(C)o2)cc1. The molecule has 1 aromatic heterocycles. The van der Waals surface area contributed by atoms with E-state index in [1.807, 2.05) is 31.2 Å². The average Bonchev–Trinajstić information content (AvgIpc) is 3.02. The van der Waals surface area contributed by atoms with E-state index in [1.54, 1.807) is 23.8 Å². The van der Waals surface area contributed by atoms with Gasteiger partial charge in [0.2, 0.25) is 17.7 Å². The van der Waals surface area contributed by atoms with Crippen molar-refractivity contribution in [3.8, 4) is 17.2 Å². The van der Waals surface area contributed by atoms with Crippen molar-refractivity contribution in [1.82, 2.24) is 14.8 Å². The number of hydrogen-bond donors (Lipinski definition) is 0. The summed E-state index contributed by atoms with van der Waals surface area (Å²) in [7, 11) is 1.62. The van der Waals surface area contributed by atoms with Crippen molar-refractivity contribution in [2.75, 3.05) is 33.3 Å². The van der Waals surface area contributed by atoms with Crippen LogP contribution in [0.2, 0.25) is 0 Å². The third kappa shape index (κ3) is 3.87. The summed E-state index contributed by atoms with van der Waals surface area (Å²) in [4.78, 5) is 32.0. The molecule has 138 valence electrons. The lowest BCUT2D eigenvalue weighted by Crippen LogP contribution is -2.50. The zero-order chi connectivity index (χ0) is 18.7. The lowest BCUT2D eigenvalue weighted by molar-refractivity contribution is -0.138. The van der Waals surface area contributed by atoms with Gasteiger partial charge in [0, 0.05) is 38.7 Å². The van der Waals surface area contributed by atoms with Gasteiger partial charge < -0.3 is 19.0 Å². The van der Waals surface area contributed by atoms with Gasteiger partial charge in [0.1, 0.15) is 11.5 Å². The summed E-state index contributed by atoms with van der Waals surface area (Å²) >= 11 is 0. The van der Waals surface area contributed by atoms with Crippen LogP contribution in [-0.2, 0) is 16.0 Å². The molecule has 1 saturated heterocycles. The van der Waals surface area contributed by atoms with Crippen molar-refractivity contribution in [3.05, 3.63) is 35.7 Å². The van der Waals surface area contributed by atoms with Crippen LogP contribution in [0.5, 0.6) is 5.75 Å². The largest absolute Gasteiger partial charge is 0.497 e. The zero-order valence-electron chi connectivity index (χ0n) is 15.3. The molecule has 0 atom stereocenters. The van der Waals surface area contributed by atoms with Gasteiger partial charge in [-0.3, -0.25) is 9.59 Å². The second kappa shape index (κ2) is 7.59.